The molecule has 1 aromatic carbocycles. The van der Waals surface area contributed by atoms with E-state index in [1.165, 1.54) is 7.11 Å². The van der Waals surface area contributed by atoms with Crippen LogP contribution in [-0.4, -0.2) is 25.1 Å². The van der Waals surface area contributed by atoms with Gasteiger partial charge in [-0.1, -0.05) is 6.07 Å². The van der Waals surface area contributed by atoms with Crippen LogP contribution >= 0.6 is 15.9 Å². The van der Waals surface area contributed by atoms with Crippen LogP contribution < -0.4 is 4.74 Å². The van der Waals surface area contributed by atoms with Crippen molar-refractivity contribution >= 4 is 21.7 Å². The summed E-state index contributed by atoms with van der Waals surface area (Å²) in [4.78, 5) is 11.2. The lowest BCUT2D eigenvalue weighted by Gasteiger charge is -2.33. The molecule has 2 unspecified atom stereocenters. The van der Waals surface area contributed by atoms with Gasteiger partial charge in [0.15, 0.2) is 11.9 Å². The van der Waals surface area contributed by atoms with Gasteiger partial charge in [0.2, 0.25) is 0 Å². The first-order valence-electron chi connectivity index (χ1n) is 5.10. The maximum absolute atomic E-state index is 11.2. The Morgan fingerprint density at radius 2 is 2.19 bits per heavy atom. The number of hydrogen-bond donors (Lipinski definition) is 0. The Labute approximate surface area is 103 Å². The fraction of sp³-hybridized carbons (Fsp3) is 0.417. The van der Waals surface area contributed by atoms with Crippen molar-refractivity contribution < 1.29 is 14.3 Å². The van der Waals surface area contributed by atoms with E-state index in [4.69, 9.17) is 9.47 Å². The van der Waals surface area contributed by atoms with E-state index >= 15 is 0 Å². The SMILES string of the molecule is COC1C(=O)CC1Oc1ccc(C)cc1Br. The molecule has 2 atom stereocenters. The lowest BCUT2D eigenvalue weighted by atomic mass is 9.90. The van der Waals surface area contributed by atoms with Gasteiger partial charge >= 0.3 is 0 Å². The monoisotopic (exact) mass is 284 g/mol. The number of methoxy groups -OCH3 is 1. The Balaban J connectivity index is 2.07. The fourth-order valence-corrected chi connectivity index (χ4v) is 2.31. The first-order valence-corrected chi connectivity index (χ1v) is 5.89. The van der Waals surface area contributed by atoms with E-state index in [-0.39, 0.29) is 11.9 Å². The molecule has 1 aliphatic carbocycles. The van der Waals surface area contributed by atoms with Crippen molar-refractivity contribution in [2.24, 2.45) is 0 Å². The maximum Gasteiger partial charge on any atom is 0.169 e. The van der Waals surface area contributed by atoms with E-state index in [1.54, 1.807) is 0 Å². The molecule has 0 bridgehead atoms. The number of benzene rings is 1. The minimum absolute atomic E-state index is 0.107. The largest absolute Gasteiger partial charge is 0.486 e. The van der Waals surface area contributed by atoms with Gasteiger partial charge in [0.05, 0.1) is 4.47 Å². The Morgan fingerprint density at radius 3 is 2.75 bits per heavy atom. The Morgan fingerprint density at radius 1 is 1.44 bits per heavy atom. The van der Waals surface area contributed by atoms with Gasteiger partial charge in [-0.3, -0.25) is 4.79 Å². The highest BCUT2D eigenvalue weighted by molar-refractivity contribution is 9.10. The second-order valence-corrected chi connectivity index (χ2v) is 4.77. The number of carbonyl (C=O) groups excluding carboxylic acids is 1. The van der Waals surface area contributed by atoms with Crippen LogP contribution in [0.2, 0.25) is 0 Å². The highest BCUT2D eigenvalue weighted by Crippen LogP contribution is 2.31. The number of aryl methyl sites for hydroxylation is 1. The highest BCUT2D eigenvalue weighted by atomic mass is 79.9. The van der Waals surface area contributed by atoms with Crippen LogP contribution in [0.5, 0.6) is 5.75 Å². The molecular weight excluding hydrogens is 272 g/mol. The van der Waals surface area contributed by atoms with Crippen LogP contribution in [0.4, 0.5) is 0 Å². The standard InChI is InChI=1S/C12H13BrO3/c1-7-3-4-10(8(13)5-7)16-11-6-9(14)12(11)15-2/h3-5,11-12H,6H2,1-2H3. The third-order valence-corrected chi connectivity index (χ3v) is 3.30. The van der Waals surface area contributed by atoms with Crippen molar-refractivity contribution in [2.45, 2.75) is 25.6 Å². The van der Waals surface area contributed by atoms with Crippen molar-refractivity contribution in [3.8, 4) is 5.75 Å². The zero-order valence-electron chi connectivity index (χ0n) is 9.20. The van der Waals surface area contributed by atoms with Gasteiger partial charge in [-0.25, -0.2) is 0 Å². The molecule has 3 nitrogen and oxygen atoms in total. The van der Waals surface area contributed by atoms with E-state index in [0.29, 0.717) is 6.42 Å². The molecule has 86 valence electrons. The lowest BCUT2D eigenvalue weighted by molar-refractivity contribution is -0.151. The summed E-state index contributed by atoms with van der Waals surface area (Å²) in [6, 6.07) is 5.86. The normalized spacial score (nSPS) is 24.1. The van der Waals surface area contributed by atoms with Gasteiger partial charge in [0.25, 0.3) is 0 Å². The molecule has 1 fully saturated rings. The minimum atomic E-state index is -0.409. The van der Waals surface area contributed by atoms with Crippen LogP contribution in [0, 0.1) is 6.92 Å². The third kappa shape index (κ3) is 2.13. The van der Waals surface area contributed by atoms with E-state index in [2.05, 4.69) is 15.9 Å². The second kappa shape index (κ2) is 4.55. The zero-order valence-corrected chi connectivity index (χ0v) is 10.8. The Hall–Kier alpha value is -0.870. The number of hydrogen-bond acceptors (Lipinski definition) is 3. The molecule has 0 spiro atoms. The summed E-state index contributed by atoms with van der Waals surface area (Å²) in [6.45, 7) is 2.01. The van der Waals surface area contributed by atoms with Gasteiger partial charge in [-0.2, -0.15) is 0 Å². The topological polar surface area (TPSA) is 35.5 Å². The predicted molar refractivity (Wildman–Crippen MR) is 63.7 cm³/mol. The zero-order chi connectivity index (χ0) is 11.7. The first-order chi connectivity index (χ1) is 7.61. The van der Waals surface area contributed by atoms with Crippen molar-refractivity contribution in [1.82, 2.24) is 0 Å². The first kappa shape index (κ1) is 11.6. The molecule has 0 N–H and O–H groups in total. The van der Waals surface area contributed by atoms with E-state index in [9.17, 15) is 4.79 Å². The van der Waals surface area contributed by atoms with Crippen molar-refractivity contribution in [3.05, 3.63) is 28.2 Å². The molecule has 0 aromatic heterocycles. The molecular formula is C12H13BrO3. The summed E-state index contributed by atoms with van der Waals surface area (Å²) in [7, 11) is 1.53. The number of rotatable bonds is 3. The molecule has 0 amide bonds. The summed E-state index contributed by atoms with van der Waals surface area (Å²) >= 11 is 3.44. The summed E-state index contributed by atoms with van der Waals surface area (Å²) in [5.41, 5.74) is 1.16. The third-order valence-electron chi connectivity index (χ3n) is 2.68. The van der Waals surface area contributed by atoms with Crippen LogP contribution in [0.25, 0.3) is 0 Å². The van der Waals surface area contributed by atoms with Gasteiger partial charge in [-0.05, 0) is 40.5 Å². The molecule has 0 heterocycles. The number of ether oxygens (including phenoxy) is 2. The molecule has 1 aromatic rings. The number of Topliss-reactive ketones (excluding diaryl/α,β-unsaturated/α-hetero) is 1. The molecule has 16 heavy (non-hydrogen) atoms. The van der Waals surface area contributed by atoms with Crippen LogP contribution in [0.3, 0.4) is 0 Å². The lowest BCUT2D eigenvalue weighted by Crippen LogP contribution is -2.51. The van der Waals surface area contributed by atoms with Crippen molar-refractivity contribution in [2.75, 3.05) is 7.11 Å². The average molecular weight is 285 g/mol. The van der Waals surface area contributed by atoms with E-state index in [1.807, 2.05) is 25.1 Å². The Kier molecular flexibility index (Phi) is 3.30. The summed E-state index contributed by atoms with van der Waals surface area (Å²) in [6.07, 6.45) is -0.136. The van der Waals surface area contributed by atoms with Crippen molar-refractivity contribution in [1.29, 1.82) is 0 Å². The van der Waals surface area contributed by atoms with Gasteiger partial charge in [0, 0.05) is 13.5 Å². The van der Waals surface area contributed by atoms with Gasteiger partial charge < -0.3 is 9.47 Å². The number of ketones is 1. The molecule has 0 saturated heterocycles. The highest BCUT2D eigenvalue weighted by Gasteiger charge is 2.42. The van der Waals surface area contributed by atoms with E-state index in [0.717, 1.165) is 15.8 Å². The molecule has 1 saturated carbocycles. The fourth-order valence-electron chi connectivity index (χ4n) is 1.72. The van der Waals surface area contributed by atoms with Crippen LogP contribution in [0.1, 0.15) is 12.0 Å². The van der Waals surface area contributed by atoms with Gasteiger partial charge in [0.1, 0.15) is 11.9 Å². The molecule has 4 heteroatoms. The summed E-state index contributed by atoms with van der Waals surface area (Å²) in [5.74, 6) is 0.862. The molecule has 1 aliphatic rings. The molecule has 0 radical (unpaired) electrons. The predicted octanol–water partition coefficient (Wildman–Crippen LogP) is 2.49. The second-order valence-electron chi connectivity index (χ2n) is 3.92. The van der Waals surface area contributed by atoms with Gasteiger partial charge in [-0.15, -0.1) is 0 Å². The molecule has 2 rings (SSSR count). The maximum atomic E-state index is 11.2. The van der Waals surface area contributed by atoms with Crippen LogP contribution in [-0.2, 0) is 9.53 Å². The minimum Gasteiger partial charge on any atom is -0.486 e. The van der Waals surface area contributed by atoms with E-state index < -0.39 is 6.10 Å². The summed E-state index contributed by atoms with van der Waals surface area (Å²) < 4.78 is 11.7. The summed E-state index contributed by atoms with van der Waals surface area (Å²) in [5, 5.41) is 0. The Bertz CT molecular complexity index is 417. The number of carbonyl (C=O) groups is 1. The molecule has 0 aliphatic heterocycles. The van der Waals surface area contributed by atoms with Crippen LogP contribution in [0.15, 0.2) is 22.7 Å². The average Bonchev–Trinajstić information content (AvgIpc) is 2.21. The smallest absolute Gasteiger partial charge is 0.169 e. The quantitative estimate of drug-likeness (QED) is 0.856. The number of halogens is 1. The van der Waals surface area contributed by atoms with Crippen molar-refractivity contribution in [3.63, 3.8) is 0 Å².